The van der Waals surface area contributed by atoms with Gasteiger partial charge in [-0.1, -0.05) is 50.6 Å². The second kappa shape index (κ2) is 10.3. The summed E-state index contributed by atoms with van der Waals surface area (Å²) in [6.45, 7) is 2.84. The number of carbonyl (C=O) groups is 1. The van der Waals surface area contributed by atoms with E-state index in [4.69, 9.17) is 21.4 Å². The molecule has 3 nitrogen and oxygen atoms in total. The molecule has 116 valence electrons. The fraction of sp³-hybridized carbons (Fsp3) is 0.471. The number of halogens is 1. The van der Waals surface area contributed by atoms with Crippen LogP contribution in [0.15, 0.2) is 24.3 Å². The van der Waals surface area contributed by atoms with Crippen LogP contribution in [-0.4, -0.2) is 17.7 Å². The SMILES string of the molecule is CCCCCCCCOc1ccc(Cl)cc1/C=C/C(=O)O. The minimum Gasteiger partial charge on any atom is -0.493 e. The fourth-order valence-electron chi connectivity index (χ4n) is 2.01. The van der Waals surface area contributed by atoms with Gasteiger partial charge in [0.05, 0.1) is 6.61 Å². The van der Waals surface area contributed by atoms with Crippen LogP contribution in [0, 0.1) is 0 Å². The van der Waals surface area contributed by atoms with Crippen molar-refractivity contribution in [2.45, 2.75) is 45.4 Å². The minimum absolute atomic E-state index is 0.562. The maximum atomic E-state index is 10.6. The summed E-state index contributed by atoms with van der Waals surface area (Å²) >= 11 is 5.93. The lowest BCUT2D eigenvalue weighted by Crippen LogP contribution is -1.99. The molecule has 0 aliphatic rings. The van der Waals surface area contributed by atoms with Gasteiger partial charge in [-0.15, -0.1) is 0 Å². The van der Waals surface area contributed by atoms with E-state index in [-0.39, 0.29) is 0 Å². The molecule has 0 fully saturated rings. The Morgan fingerprint density at radius 3 is 2.67 bits per heavy atom. The lowest BCUT2D eigenvalue weighted by molar-refractivity contribution is -0.131. The van der Waals surface area contributed by atoms with Gasteiger partial charge in [0.2, 0.25) is 0 Å². The predicted octanol–water partition coefficient (Wildman–Crippen LogP) is 5.18. The van der Waals surface area contributed by atoms with E-state index < -0.39 is 5.97 Å². The smallest absolute Gasteiger partial charge is 0.328 e. The molecule has 0 bridgehead atoms. The summed E-state index contributed by atoms with van der Waals surface area (Å²) in [5, 5.41) is 9.25. The van der Waals surface area contributed by atoms with Gasteiger partial charge in [0.1, 0.15) is 5.75 Å². The summed E-state index contributed by atoms with van der Waals surface area (Å²) in [7, 11) is 0. The van der Waals surface area contributed by atoms with E-state index in [0.29, 0.717) is 22.9 Å². The monoisotopic (exact) mass is 310 g/mol. The summed E-state index contributed by atoms with van der Waals surface area (Å²) in [6.07, 6.45) is 9.83. The van der Waals surface area contributed by atoms with Gasteiger partial charge in [-0.2, -0.15) is 0 Å². The van der Waals surface area contributed by atoms with E-state index in [1.54, 1.807) is 18.2 Å². The quantitative estimate of drug-likeness (QED) is 0.478. The molecule has 0 aromatic heterocycles. The molecule has 1 aromatic carbocycles. The molecule has 0 aliphatic heterocycles. The Balaban J connectivity index is 2.45. The summed E-state index contributed by atoms with van der Waals surface area (Å²) in [4.78, 5) is 10.6. The number of rotatable bonds is 10. The first-order valence-electron chi connectivity index (χ1n) is 7.47. The Bertz CT molecular complexity index is 469. The third kappa shape index (κ3) is 7.76. The van der Waals surface area contributed by atoms with E-state index in [1.807, 2.05) is 0 Å². The lowest BCUT2D eigenvalue weighted by Gasteiger charge is -2.09. The van der Waals surface area contributed by atoms with Gasteiger partial charge in [-0.3, -0.25) is 0 Å². The molecule has 1 N–H and O–H groups in total. The number of carboxylic acid groups (broad SMARTS) is 1. The van der Waals surface area contributed by atoms with Gasteiger partial charge in [-0.25, -0.2) is 4.79 Å². The van der Waals surface area contributed by atoms with Crippen LogP contribution in [0.4, 0.5) is 0 Å². The van der Waals surface area contributed by atoms with Crippen molar-refractivity contribution < 1.29 is 14.6 Å². The van der Waals surface area contributed by atoms with E-state index in [0.717, 1.165) is 18.9 Å². The van der Waals surface area contributed by atoms with Gasteiger partial charge in [-0.05, 0) is 30.7 Å². The molecule has 0 aliphatic carbocycles. The molecule has 4 heteroatoms. The van der Waals surface area contributed by atoms with Crippen molar-refractivity contribution in [3.63, 3.8) is 0 Å². The topological polar surface area (TPSA) is 46.5 Å². The molecule has 0 amide bonds. The normalized spacial score (nSPS) is 11.0. The van der Waals surface area contributed by atoms with Crippen molar-refractivity contribution in [2.75, 3.05) is 6.61 Å². The maximum absolute atomic E-state index is 10.6. The highest BCUT2D eigenvalue weighted by Crippen LogP contribution is 2.24. The Hall–Kier alpha value is -1.48. The summed E-state index contributed by atoms with van der Waals surface area (Å²) in [5.41, 5.74) is 0.691. The standard InChI is InChI=1S/C17H23ClO3/c1-2-3-4-5-6-7-12-21-16-10-9-15(18)13-14(16)8-11-17(19)20/h8-11,13H,2-7,12H2,1H3,(H,19,20)/b11-8+. The van der Waals surface area contributed by atoms with E-state index >= 15 is 0 Å². The molecule has 0 unspecified atom stereocenters. The zero-order valence-electron chi connectivity index (χ0n) is 12.5. The van der Waals surface area contributed by atoms with Crippen LogP contribution in [0.5, 0.6) is 5.75 Å². The zero-order chi connectivity index (χ0) is 15.5. The minimum atomic E-state index is -0.989. The van der Waals surface area contributed by atoms with Crippen molar-refractivity contribution >= 4 is 23.6 Å². The molecule has 21 heavy (non-hydrogen) atoms. The maximum Gasteiger partial charge on any atom is 0.328 e. The van der Waals surface area contributed by atoms with Crippen LogP contribution >= 0.6 is 11.6 Å². The highest BCUT2D eigenvalue weighted by atomic mass is 35.5. The van der Waals surface area contributed by atoms with Crippen LogP contribution < -0.4 is 4.74 Å². The van der Waals surface area contributed by atoms with Gasteiger partial charge in [0.25, 0.3) is 0 Å². The van der Waals surface area contributed by atoms with Crippen LogP contribution in [0.25, 0.3) is 6.08 Å². The van der Waals surface area contributed by atoms with Crippen molar-refractivity contribution in [1.82, 2.24) is 0 Å². The third-order valence-electron chi connectivity index (χ3n) is 3.13. The molecule has 0 saturated heterocycles. The summed E-state index contributed by atoms with van der Waals surface area (Å²) < 4.78 is 5.73. The van der Waals surface area contributed by atoms with E-state index in [9.17, 15) is 4.79 Å². The largest absolute Gasteiger partial charge is 0.493 e. The molecule has 0 saturated carbocycles. The number of unbranched alkanes of at least 4 members (excludes halogenated alkanes) is 5. The van der Waals surface area contributed by atoms with Crippen molar-refractivity contribution in [2.24, 2.45) is 0 Å². The lowest BCUT2D eigenvalue weighted by atomic mass is 10.1. The van der Waals surface area contributed by atoms with Gasteiger partial charge < -0.3 is 9.84 Å². The number of hydrogen-bond donors (Lipinski definition) is 1. The first-order chi connectivity index (χ1) is 10.1. The number of carboxylic acids is 1. The number of aliphatic carboxylic acids is 1. The highest BCUT2D eigenvalue weighted by molar-refractivity contribution is 6.30. The van der Waals surface area contributed by atoms with Crippen LogP contribution in [0.3, 0.4) is 0 Å². The average Bonchev–Trinajstić information content (AvgIpc) is 2.45. The Kier molecular flexibility index (Phi) is 8.60. The summed E-state index contributed by atoms with van der Waals surface area (Å²) in [6, 6.07) is 5.23. The first kappa shape index (κ1) is 17.6. The van der Waals surface area contributed by atoms with Crippen LogP contribution in [0.1, 0.15) is 51.0 Å². The molecular weight excluding hydrogens is 288 g/mol. The van der Waals surface area contributed by atoms with E-state index in [2.05, 4.69) is 6.92 Å². The van der Waals surface area contributed by atoms with Crippen molar-refractivity contribution in [3.8, 4) is 5.75 Å². The molecule has 0 spiro atoms. The zero-order valence-corrected chi connectivity index (χ0v) is 13.2. The molecular formula is C17H23ClO3. The van der Waals surface area contributed by atoms with Gasteiger partial charge in [0.15, 0.2) is 0 Å². The fourth-order valence-corrected chi connectivity index (χ4v) is 2.19. The Morgan fingerprint density at radius 1 is 1.24 bits per heavy atom. The summed E-state index contributed by atoms with van der Waals surface area (Å²) in [5.74, 6) is -0.317. The third-order valence-corrected chi connectivity index (χ3v) is 3.37. The Morgan fingerprint density at radius 2 is 1.95 bits per heavy atom. The number of hydrogen-bond acceptors (Lipinski definition) is 2. The molecule has 0 heterocycles. The number of benzene rings is 1. The van der Waals surface area contributed by atoms with E-state index in [1.165, 1.54) is 31.8 Å². The average molecular weight is 311 g/mol. The molecule has 1 aromatic rings. The molecule has 0 radical (unpaired) electrons. The number of ether oxygens (including phenoxy) is 1. The Labute approximate surface area is 131 Å². The second-order valence-electron chi connectivity index (χ2n) is 4.97. The van der Waals surface area contributed by atoms with Gasteiger partial charge in [0, 0.05) is 16.7 Å². The first-order valence-corrected chi connectivity index (χ1v) is 7.84. The van der Waals surface area contributed by atoms with Gasteiger partial charge >= 0.3 is 5.97 Å². The van der Waals surface area contributed by atoms with Crippen LogP contribution in [0.2, 0.25) is 5.02 Å². The van der Waals surface area contributed by atoms with Crippen LogP contribution in [-0.2, 0) is 4.79 Å². The predicted molar refractivity (Wildman–Crippen MR) is 87.0 cm³/mol. The second-order valence-corrected chi connectivity index (χ2v) is 5.41. The molecule has 0 atom stereocenters. The van der Waals surface area contributed by atoms with Crippen molar-refractivity contribution in [1.29, 1.82) is 0 Å². The highest BCUT2D eigenvalue weighted by Gasteiger charge is 2.03. The molecule has 1 rings (SSSR count). The van der Waals surface area contributed by atoms with Crippen molar-refractivity contribution in [3.05, 3.63) is 34.9 Å².